The Morgan fingerprint density at radius 3 is 2.11 bits per heavy atom. The Morgan fingerprint density at radius 2 is 1.67 bits per heavy atom. The molecular formula is C16H26O2. The van der Waals surface area contributed by atoms with E-state index in [1.807, 2.05) is 26.0 Å². The second kappa shape index (κ2) is 6.24. The summed E-state index contributed by atoms with van der Waals surface area (Å²) in [6.07, 6.45) is 0.400. The largest absolute Gasteiger partial charge is 0.493 e. The topological polar surface area (TPSA) is 29.5 Å². The third kappa shape index (κ3) is 4.69. The van der Waals surface area contributed by atoms with E-state index in [0.29, 0.717) is 13.0 Å². The minimum Gasteiger partial charge on any atom is -0.493 e. The van der Waals surface area contributed by atoms with Gasteiger partial charge in [-0.3, -0.25) is 0 Å². The molecule has 1 aromatic rings. The minimum atomic E-state index is -0.279. The first-order valence-electron chi connectivity index (χ1n) is 6.72. The highest BCUT2D eigenvalue weighted by Crippen LogP contribution is 2.24. The summed E-state index contributed by atoms with van der Waals surface area (Å²) in [5.74, 6) is 1.16. The van der Waals surface area contributed by atoms with Crippen LogP contribution < -0.4 is 4.74 Å². The maximum Gasteiger partial charge on any atom is 0.119 e. The van der Waals surface area contributed by atoms with Gasteiger partial charge in [-0.2, -0.15) is 0 Å². The normalized spacial score (nSPS) is 13.7. The average Bonchev–Trinajstić information content (AvgIpc) is 2.28. The fourth-order valence-electron chi connectivity index (χ4n) is 1.68. The van der Waals surface area contributed by atoms with Crippen molar-refractivity contribution in [2.45, 2.75) is 52.6 Å². The molecule has 0 aliphatic rings. The van der Waals surface area contributed by atoms with Gasteiger partial charge in [0.05, 0.1) is 12.7 Å². The van der Waals surface area contributed by atoms with Crippen molar-refractivity contribution in [1.82, 2.24) is 0 Å². The first kappa shape index (κ1) is 15.0. The van der Waals surface area contributed by atoms with Crippen molar-refractivity contribution in [3.63, 3.8) is 0 Å². The zero-order chi connectivity index (χ0) is 13.8. The lowest BCUT2D eigenvalue weighted by atomic mass is 9.87. The van der Waals surface area contributed by atoms with E-state index in [4.69, 9.17) is 4.74 Å². The molecule has 0 aromatic heterocycles. The van der Waals surface area contributed by atoms with Crippen LogP contribution in [0, 0.1) is 5.92 Å². The van der Waals surface area contributed by atoms with E-state index in [0.717, 1.165) is 5.75 Å². The number of aliphatic hydroxyl groups is 1. The molecule has 0 amide bonds. The van der Waals surface area contributed by atoms with Crippen LogP contribution in [0.2, 0.25) is 0 Å². The van der Waals surface area contributed by atoms with Crippen LogP contribution in [-0.2, 0) is 5.41 Å². The lowest BCUT2D eigenvalue weighted by Gasteiger charge is -2.19. The average molecular weight is 250 g/mol. The van der Waals surface area contributed by atoms with Crippen LogP contribution in [0.15, 0.2) is 24.3 Å². The molecule has 1 rings (SSSR count). The Labute approximate surface area is 111 Å². The second-order valence-electron chi connectivity index (χ2n) is 6.22. The van der Waals surface area contributed by atoms with E-state index in [-0.39, 0.29) is 17.4 Å². The van der Waals surface area contributed by atoms with Gasteiger partial charge >= 0.3 is 0 Å². The van der Waals surface area contributed by atoms with Gasteiger partial charge in [-0.05, 0) is 29.0 Å². The SMILES string of the molecule is CC(C)C(O)CCOc1ccc(C(C)(C)C)cc1. The molecule has 2 nitrogen and oxygen atoms in total. The maximum absolute atomic E-state index is 9.68. The molecule has 1 unspecified atom stereocenters. The van der Waals surface area contributed by atoms with Crippen molar-refractivity contribution in [1.29, 1.82) is 0 Å². The molecule has 0 spiro atoms. The molecule has 0 radical (unpaired) electrons. The fourth-order valence-corrected chi connectivity index (χ4v) is 1.68. The lowest BCUT2D eigenvalue weighted by molar-refractivity contribution is 0.0976. The summed E-state index contributed by atoms with van der Waals surface area (Å²) >= 11 is 0. The Hall–Kier alpha value is -1.02. The summed E-state index contributed by atoms with van der Waals surface area (Å²) in [4.78, 5) is 0. The van der Waals surface area contributed by atoms with E-state index >= 15 is 0 Å². The zero-order valence-electron chi connectivity index (χ0n) is 12.2. The van der Waals surface area contributed by atoms with Gasteiger partial charge in [0.25, 0.3) is 0 Å². The number of benzene rings is 1. The number of hydrogen-bond acceptors (Lipinski definition) is 2. The molecule has 0 aliphatic carbocycles. The maximum atomic E-state index is 9.68. The Balaban J connectivity index is 2.45. The molecule has 0 fully saturated rings. The number of ether oxygens (including phenoxy) is 1. The van der Waals surface area contributed by atoms with E-state index < -0.39 is 0 Å². The van der Waals surface area contributed by atoms with E-state index in [1.165, 1.54) is 5.56 Å². The van der Waals surface area contributed by atoms with Gasteiger partial charge in [0.15, 0.2) is 0 Å². The molecule has 0 aliphatic heterocycles. The standard InChI is InChI=1S/C16H26O2/c1-12(2)15(17)10-11-18-14-8-6-13(7-9-14)16(3,4)5/h6-9,12,15,17H,10-11H2,1-5H3. The molecule has 102 valence electrons. The van der Waals surface area contributed by atoms with Crippen molar-refractivity contribution < 1.29 is 9.84 Å². The van der Waals surface area contributed by atoms with Gasteiger partial charge in [-0.25, -0.2) is 0 Å². The van der Waals surface area contributed by atoms with Gasteiger partial charge in [0.1, 0.15) is 5.75 Å². The van der Waals surface area contributed by atoms with Gasteiger partial charge in [-0.1, -0.05) is 46.8 Å². The predicted octanol–water partition coefficient (Wildman–Crippen LogP) is 3.77. The van der Waals surface area contributed by atoms with E-state index in [2.05, 4.69) is 32.9 Å². The summed E-state index contributed by atoms with van der Waals surface area (Å²) in [6, 6.07) is 8.22. The number of hydrogen-bond donors (Lipinski definition) is 1. The summed E-state index contributed by atoms with van der Waals surface area (Å²) in [6.45, 7) is 11.2. The Morgan fingerprint density at radius 1 is 1.11 bits per heavy atom. The smallest absolute Gasteiger partial charge is 0.119 e. The third-order valence-corrected chi connectivity index (χ3v) is 3.17. The van der Waals surface area contributed by atoms with Gasteiger partial charge in [0, 0.05) is 6.42 Å². The first-order valence-corrected chi connectivity index (χ1v) is 6.72. The first-order chi connectivity index (χ1) is 8.30. The molecule has 18 heavy (non-hydrogen) atoms. The lowest BCUT2D eigenvalue weighted by Crippen LogP contribution is -2.18. The molecule has 0 saturated heterocycles. The molecular weight excluding hydrogens is 224 g/mol. The second-order valence-corrected chi connectivity index (χ2v) is 6.22. The van der Waals surface area contributed by atoms with Crippen molar-refractivity contribution in [2.24, 2.45) is 5.92 Å². The predicted molar refractivity (Wildman–Crippen MR) is 76.1 cm³/mol. The summed E-state index contributed by atoms with van der Waals surface area (Å²) in [5.41, 5.74) is 1.48. The van der Waals surface area contributed by atoms with Crippen molar-refractivity contribution >= 4 is 0 Å². The molecule has 1 atom stereocenters. The summed E-state index contributed by atoms with van der Waals surface area (Å²) in [5, 5.41) is 9.68. The third-order valence-electron chi connectivity index (χ3n) is 3.17. The van der Waals surface area contributed by atoms with Crippen molar-refractivity contribution in [3.8, 4) is 5.75 Å². The number of rotatable bonds is 5. The van der Waals surface area contributed by atoms with E-state index in [1.54, 1.807) is 0 Å². The van der Waals surface area contributed by atoms with Crippen LogP contribution in [0.3, 0.4) is 0 Å². The Kier molecular flexibility index (Phi) is 5.21. The quantitative estimate of drug-likeness (QED) is 0.862. The fraction of sp³-hybridized carbons (Fsp3) is 0.625. The minimum absolute atomic E-state index is 0.173. The molecule has 1 aromatic carbocycles. The molecule has 2 heteroatoms. The molecule has 0 heterocycles. The van der Waals surface area contributed by atoms with Crippen LogP contribution >= 0.6 is 0 Å². The van der Waals surface area contributed by atoms with Crippen LogP contribution in [0.4, 0.5) is 0 Å². The van der Waals surface area contributed by atoms with Crippen molar-refractivity contribution in [3.05, 3.63) is 29.8 Å². The van der Waals surface area contributed by atoms with Crippen LogP contribution in [-0.4, -0.2) is 17.8 Å². The molecule has 1 N–H and O–H groups in total. The highest BCUT2D eigenvalue weighted by molar-refractivity contribution is 5.31. The molecule has 0 saturated carbocycles. The van der Waals surface area contributed by atoms with Gasteiger partial charge in [-0.15, -0.1) is 0 Å². The van der Waals surface area contributed by atoms with Crippen LogP contribution in [0.1, 0.15) is 46.6 Å². The van der Waals surface area contributed by atoms with Crippen LogP contribution in [0.5, 0.6) is 5.75 Å². The van der Waals surface area contributed by atoms with Gasteiger partial charge in [0.2, 0.25) is 0 Å². The summed E-state index contributed by atoms with van der Waals surface area (Å²) in [7, 11) is 0. The van der Waals surface area contributed by atoms with Gasteiger partial charge < -0.3 is 9.84 Å². The molecule has 0 bridgehead atoms. The monoisotopic (exact) mass is 250 g/mol. The zero-order valence-corrected chi connectivity index (χ0v) is 12.2. The van der Waals surface area contributed by atoms with E-state index in [9.17, 15) is 5.11 Å². The van der Waals surface area contributed by atoms with Crippen LogP contribution in [0.25, 0.3) is 0 Å². The van der Waals surface area contributed by atoms with Crippen molar-refractivity contribution in [2.75, 3.05) is 6.61 Å². The number of aliphatic hydroxyl groups excluding tert-OH is 1. The summed E-state index contributed by atoms with van der Waals surface area (Å²) < 4.78 is 5.63. The highest BCUT2D eigenvalue weighted by atomic mass is 16.5. The Bertz CT molecular complexity index is 346. The highest BCUT2D eigenvalue weighted by Gasteiger charge is 2.13.